The van der Waals surface area contributed by atoms with E-state index in [-0.39, 0.29) is 18.5 Å². The van der Waals surface area contributed by atoms with Crippen molar-refractivity contribution in [3.05, 3.63) is 0 Å². The fraction of sp³-hybridized carbons (Fsp3) is 0.900. The summed E-state index contributed by atoms with van der Waals surface area (Å²) >= 11 is 0. The first kappa shape index (κ1) is 12.4. The molecule has 0 bridgehead atoms. The van der Waals surface area contributed by atoms with Gasteiger partial charge < -0.3 is 9.84 Å². The third-order valence-electron chi connectivity index (χ3n) is 2.00. The molecule has 78 valence electrons. The van der Waals surface area contributed by atoms with Crippen LogP contribution >= 0.6 is 0 Å². The standard InChI is InChI=1S/C10H20O3/c1-3-4-5-6-10(7-11)8-13-9(2)12/h10-11H,3-8H2,1-2H3/t10-/m0/s1. The summed E-state index contributed by atoms with van der Waals surface area (Å²) in [6, 6.07) is 0. The van der Waals surface area contributed by atoms with Crippen LogP contribution in [-0.4, -0.2) is 24.3 Å². The van der Waals surface area contributed by atoms with E-state index in [1.54, 1.807) is 0 Å². The lowest BCUT2D eigenvalue weighted by Gasteiger charge is -2.12. The van der Waals surface area contributed by atoms with Gasteiger partial charge in [-0.1, -0.05) is 26.2 Å². The quantitative estimate of drug-likeness (QED) is 0.489. The molecule has 0 aliphatic rings. The summed E-state index contributed by atoms with van der Waals surface area (Å²) in [4.78, 5) is 10.5. The summed E-state index contributed by atoms with van der Waals surface area (Å²) < 4.78 is 4.83. The minimum Gasteiger partial charge on any atom is -0.465 e. The van der Waals surface area contributed by atoms with Crippen LogP contribution < -0.4 is 0 Å². The van der Waals surface area contributed by atoms with Crippen LogP contribution in [0.2, 0.25) is 0 Å². The van der Waals surface area contributed by atoms with Crippen molar-refractivity contribution in [2.24, 2.45) is 5.92 Å². The van der Waals surface area contributed by atoms with E-state index in [1.807, 2.05) is 0 Å². The summed E-state index contributed by atoms with van der Waals surface area (Å²) in [5.74, 6) is -0.149. The van der Waals surface area contributed by atoms with Gasteiger partial charge in [-0.05, 0) is 6.42 Å². The van der Waals surface area contributed by atoms with Crippen molar-refractivity contribution in [3.8, 4) is 0 Å². The maximum Gasteiger partial charge on any atom is 0.302 e. The Morgan fingerprint density at radius 3 is 2.62 bits per heavy atom. The predicted molar refractivity (Wildman–Crippen MR) is 51.4 cm³/mol. The van der Waals surface area contributed by atoms with Gasteiger partial charge in [0.05, 0.1) is 6.61 Å². The highest BCUT2D eigenvalue weighted by Gasteiger charge is 2.08. The van der Waals surface area contributed by atoms with E-state index >= 15 is 0 Å². The second-order valence-electron chi connectivity index (χ2n) is 3.35. The highest BCUT2D eigenvalue weighted by molar-refractivity contribution is 5.65. The first-order valence-corrected chi connectivity index (χ1v) is 4.95. The van der Waals surface area contributed by atoms with Gasteiger partial charge in [-0.15, -0.1) is 0 Å². The van der Waals surface area contributed by atoms with Gasteiger partial charge in [0.2, 0.25) is 0 Å². The Kier molecular flexibility index (Phi) is 7.69. The fourth-order valence-corrected chi connectivity index (χ4v) is 1.15. The number of aliphatic hydroxyl groups is 1. The molecule has 0 unspecified atom stereocenters. The lowest BCUT2D eigenvalue weighted by molar-refractivity contribution is -0.142. The minimum absolute atomic E-state index is 0.108. The van der Waals surface area contributed by atoms with Crippen LogP contribution in [0.3, 0.4) is 0 Å². The number of aliphatic hydroxyl groups excluding tert-OH is 1. The number of rotatable bonds is 7. The van der Waals surface area contributed by atoms with Crippen molar-refractivity contribution >= 4 is 5.97 Å². The molecule has 1 atom stereocenters. The van der Waals surface area contributed by atoms with Crippen LogP contribution in [0, 0.1) is 5.92 Å². The Balaban J connectivity index is 3.45. The summed E-state index contributed by atoms with van der Waals surface area (Å²) in [5, 5.41) is 8.95. The molecule has 13 heavy (non-hydrogen) atoms. The number of carbonyl (C=O) groups is 1. The van der Waals surface area contributed by atoms with Crippen molar-refractivity contribution in [2.75, 3.05) is 13.2 Å². The lowest BCUT2D eigenvalue weighted by atomic mass is 10.0. The van der Waals surface area contributed by atoms with E-state index in [0.29, 0.717) is 6.61 Å². The molecule has 1 N–H and O–H groups in total. The first-order chi connectivity index (χ1) is 6.20. The number of hydrogen-bond acceptors (Lipinski definition) is 3. The molecule has 0 spiro atoms. The number of carbonyl (C=O) groups excluding carboxylic acids is 1. The number of unbranched alkanes of at least 4 members (excludes halogenated alkanes) is 2. The molecule has 0 aliphatic heterocycles. The first-order valence-electron chi connectivity index (χ1n) is 4.95. The molecule has 0 aromatic heterocycles. The minimum atomic E-state index is -0.269. The Morgan fingerprint density at radius 2 is 2.15 bits per heavy atom. The molecule has 0 rings (SSSR count). The summed E-state index contributed by atoms with van der Waals surface area (Å²) in [7, 11) is 0. The number of esters is 1. The van der Waals surface area contributed by atoms with Crippen molar-refractivity contribution in [1.82, 2.24) is 0 Å². The van der Waals surface area contributed by atoms with Gasteiger partial charge in [-0.2, -0.15) is 0 Å². The molecule has 0 aromatic carbocycles. The second-order valence-corrected chi connectivity index (χ2v) is 3.35. The third kappa shape index (κ3) is 7.78. The third-order valence-corrected chi connectivity index (χ3v) is 2.00. The predicted octanol–water partition coefficient (Wildman–Crippen LogP) is 1.74. The van der Waals surface area contributed by atoms with E-state index in [1.165, 1.54) is 19.8 Å². The van der Waals surface area contributed by atoms with Crippen LogP contribution in [0.5, 0.6) is 0 Å². The van der Waals surface area contributed by atoms with Gasteiger partial charge >= 0.3 is 5.97 Å². The monoisotopic (exact) mass is 188 g/mol. The fourth-order valence-electron chi connectivity index (χ4n) is 1.15. The Bertz CT molecular complexity index is 134. The van der Waals surface area contributed by atoms with Crippen LogP contribution in [0.1, 0.15) is 39.5 Å². The zero-order chi connectivity index (χ0) is 10.1. The molecule has 0 amide bonds. The van der Waals surface area contributed by atoms with Crippen LogP contribution in [-0.2, 0) is 9.53 Å². The molecule has 0 aromatic rings. The summed E-state index contributed by atoms with van der Waals surface area (Å²) in [6.45, 7) is 3.99. The molecule has 0 fully saturated rings. The maximum absolute atomic E-state index is 10.5. The van der Waals surface area contributed by atoms with Crippen molar-refractivity contribution < 1.29 is 14.6 Å². The molecular formula is C10H20O3. The van der Waals surface area contributed by atoms with Crippen molar-refractivity contribution in [2.45, 2.75) is 39.5 Å². The zero-order valence-corrected chi connectivity index (χ0v) is 8.58. The SMILES string of the molecule is CCCCC[C@@H](CO)COC(C)=O. The average Bonchev–Trinajstić information content (AvgIpc) is 2.10. The zero-order valence-electron chi connectivity index (χ0n) is 8.58. The Hall–Kier alpha value is -0.570. The molecule has 3 nitrogen and oxygen atoms in total. The topological polar surface area (TPSA) is 46.5 Å². The molecule has 3 heteroatoms. The van der Waals surface area contributed by atoms with Crippen LogP contribution in [0.4, 0.5) is 0 Å². The number of hydrogen-bond donors (Lipinski definition) is 1. The van der Waals surface area contributed by atoms with E-state index in [0.717, 1.165) is 12.8 Å². The largest absolute Gasteiger partial charge is 0.465 e. The summed E-state index contributed by atoms with van der Waals surface area (Å²) in [5.41, 5.74) is 0. The van der Waals surface area contributed by atoms with Crippen molar-refractivity contribution in [1.29, 1.82) is 0 Å². The molecule has 0 aliphatic carbocycles. The molecule has 0 saturated heterocycles. The van der Waals surface area contributed by atoms with Gasteiger partial charge in [0, 0.05) is 19.4 Å². The van der Waals surface area contributed by atoms with Crippen LogP contribution in [0.15, 0.2) is 0 Å². The second kappa shape index (κ2) is 8.05. The molecule has 0 saturated carbocycles. The van der Waals surface area contributed by atoms with Gasteiger partial charge in [0.15, 0.2) is 0 Å². The Labute approximate surface area is 80.1 Å². The van der Waals surface area contributed by atoms with E-state index < -0.39 is 0 Å². The maximum atomic E-state index is 10.5. The highest BCUT2D eigenvalue weighted by Crippen LogP contribution is 2.09. The van der Waals surface area contributed by atoms with E-state index in [2.05, 4.69) is 6.92 Å². The lowest BCUT2D eigenvalue weighted by Crippen LogP contribution is -2.15. The van der Waals surface area contributed by atoms with Crippen LogP contribution in [0.25, 0.3) is 0 Å². The molecule has 0 radical (unpaired) electrons. The van der Waals surface area contributed by atoms with E-state index in [9.17, 15) is 4.79 Å². The summed E-state index contributed by atoms with van der Waals surface area (Å²) in [6.07, 6.45) is 4.39. The van der Waals surface area contributed by atoms with Crippen molar-refractivity contribution in [3.63, 3.8) is 0 Å². The average molecular weight is 188 g/mol. The molecule has 0 heterocycles. The van der Waals surface area contributed by atoms with Gasteiger partial charge in [0.25, 0.3) is 0 Å². The number of ether oxygens (including phenoxy) is 1. The van der Waals surface area contributed by atoms with Gasteiger partial charge in [-0.3, -0.25) is 4.79 Å². The molecular weight excluding hydrogens is 168 g/mol. The van der Waals surface area contributed by atoms with E-state index in [4.69, 9.17) is 9.84 Å². The van der Waals surface area contributed by atoms with Gasteiger partial charge in [-0.25, -0.2) is 0 Å². The smallest absolute Gasteiger partial charge is 0.302 e. The highest BCUT2D eigenvalue weighted by atomic mass is 16.5. The van der Waals surface area contributed by atoms with Gasteiger partial charge in [0.1, 0.15) is 0 Å². The Morgan fingerprint density at radius 1 is 1.46 bits per heavy atom. The normalized spacial score (nSPS) is 12.5.